The summed E-state index contributed by atoms with van der Waals surface area (Å²) in [7, 11) is -1.25. The van der Waals surface area contributed by atoms with Gasteiger partial charge in [0.25, 0.3) is 0 Å². The third kappa shape index (κ3) is 3.20. The first-order chi connectivity index (χ1) is 14.5. The van der Waals surface area contributed by atoms with Gasteiger partial charge in [-0.25, -0.2) is 0 Å². The van der Waals surface area contributed by atoms with Crippen molar-refractivity contribution in [3.8, 4) is 11.5 Å². The molecule has 0 saturated carbocycles. The molecular weight excluding hydrogens is 290 g/mol. The van der Waals surface area contributed by atoms with Crippen LogP contribution in [0.4, 0.5) is 0 Å². The lowest BCUT2D eigenvalue weighted by Crippen LogP contribution is -2.48. The summed E-state index contributed by atoms with van der Waals surface area (Å²) >= 11 is 0. The lowest BCUT2D eigenvalue weighted by atomic mass is 9.79. The molecule has 0 amide bonds. The SMILES string of the molecule is [2H]C([2H])([2H])Oc1cc2c(cc1OC)CCN1CC(C([2H])([2H])C([2H])(C)C([2H])([2H])[2H])C(O)CC21. The molecule has 4 unspecified atom stereocenters. The Kier molecular flexibility index (Phi) is 2.54. The number of hydrogen-bond acceptors (Lipinski definition) is 4. The molecule has 0 bridgehead atoms. The van der Waals surface area contributed by atoms with Gasteiger partial charge in [-0.1, -0.05) is 13.8 Å². The fraction of sp³-hybridized carbons (Fsp3) is 0.684. The van der Waals surface area contributed by atoms with Crippen LogP contribution in [0.25, 0.3) is 0 Å². The third-order valence-electron chi connectivity index (χ3n) is 4.77. The van der Waals surface area contributed by atoms with Crippen molar-refractivity contribution in [1.82, 2.24) is 4.90 Å². The van der Waals surface area contributed by atoms with Gasteiger partial charge in [-0.05, 0) is 54.3 Å². The van der Waals surface area contributed by atoms with E-state index in [4.69, 9.17) is 21.8 Å². The van der Waals surface area contributed by atoms with Gasteiger partial charge in [0, 0.05) is 27.4 Å². The van der Waals surface area contributed by atoms with Crippen LogP contribution < -0.4 is 9.47 Å². The first-order valence-corrected chi connectivity index (χ1v) is 7.81. The Morgan fingerprint density at radius 2 is 2.30 bits per heavy atom. The van der Waals surface area contributed by atoms with Gasteiger partial charge in [-0.2, -0.15) is 0 Å². The highest BCUT2D eigenvalue weighted by Gasteiger charge is 2.38. The van der Waals surface area contributed by atoms with Crippen LogP contribution in [0.5, 0.6) is 11.5 Å². The predicted octanol–water partition coefficient (Wildman–Crippen LogP) is 3.03. The van der Waals surface area contributed by atoms with E-state index in [0.717, 1.165) is 18.1 Å². The Morgan fingerprint density at radius 1 is 1.48 bits per heavy atom. The van der Waals surface area contributed by atoms with Gasteiger partial charge in [0.15, 0.2) is 11.5 Å². The van der Waals surface area contributed by atoms with Gasteiger partial charge in [0.1, 0.15) is 0 Å². The molecule has 1 fully saturated rings. The molecule has 4 heteroatoms. The molecule has 2 aliphatic rings. The van der Waals surface area contributed by atoms with E-state index >= 15 is 0 Å². The summed E-state index contributed by atoms with van der Waals surface area (Å²) in [6.45, 7) is -1.19. The molecule has 0 radical (unpaired) electrons. The molecule has 0 spiro atoms. The molecule has 4 atom stereocenters. The first kappa shape index (κ1) is 8.72. The molecule has 0 aliphatic carbocycles. The molecule has 0 aromatic heterocycles. The van der Waals surface area contributed by atoms with E-state index in [1.807, 2.05) is 4.90 Å². The van der Waals surface area contributed by atoms with E-state index in [1.54, 1.807) is 12.1 Å². The van der Waals surface area contributed by atoms with E-state index in [0.29, 0.717) is 18.7 Å². The maximum atomic E-state index is 10.9. The second-order valence-electron chi connectivity index (χ2n) is 6.24. The number of piperidine rings is 1. The largest absolute Gasteiger partial charge is 0.493 e. The highest BCUT2D eigenvalue weighted by Crippen LogP contribution is 2.43. The Morgan fingerprint density at radius 3 is 3.04 bits per heavy atom. The fourth-order valence-electron chi connectivity index (χ4n) is 3.68. The lowest BCUT2D eigenvalue weighted by molar-refractivity contribution is -0.0191. The van der Waals surface area contributed by atoms with Crippen molar-refractivity contribution in [3.05, 3.63) is 23.3 Å². The van der Waals surface area contributed by atoms with Crippen molar-refractivity contribution in [2.24, 2.45) is 11.8 Å². The van der Waals surface area contributed by atoms with E-state index < -0.39 is 38.2 Å². The van der Waals surface area contributed by atoms with Gasteiger partial charge in [-0.3, -0.25) is 4.90 Å². The topological polar surface area (TPSA) is 41.9 Å². The van der Waals surface area contributed by atoms with Crippen LogP contribution in [0.1, 0.15) is 56.1 Å². The zero-order chi connectivity index (χ0) is 24.3. The highest BCUT2D eigenvalue weighted by molar-refractivity contribution is 5.49. The van der Waals surface area contributed by atoms with E-state index in [9.17, 15) is 5.11 Å². The second-order valence-corrected chi connectivity index (χ2v) is 6.24. The lowest BCUT2D eigenvalue weighted by Gasteiger charge is -2.46. The zero-order valence-electron chi connectivity index (χ0n) is 22.4. The normalized spacial score (nSPS) is 37.5. The van der Waals surface area contributed by atoms with Crippen LogP contribution >= 0.6 is 0 Å². The molecule has 2 aliphatic heterocycles. The summed E-state index contributed by atoms with van der Waals surface area (Å²) in [4.78, 5) is 1.96. The standard InChI is InChI=1S/C19H29NO3/c1-12(2)7-14-11-20-6-5-13-8-18(22-3)19(23-4)9-15(13)16(20)10-17(14)21/h8-9,12,14,16-17,21H,5-7,10-11H2,1-4H3/i1D3,4D3,7D2,12D. The van der Waals surface area contributed by atoms with Gasteiger partial charge in [0.05, 0.1) is 24.4 Å². The molecule has 1 N–H and O–H groups in total. The number of ether oxygens (including phenoxy) is 2. The average molecular weight is 328 g/mol. The van der Waals surface area contributed by atoms with Gasteiger partial charge < -0.3 is 14.6 Å². The number of nitrogens with zero attached hydrogens (tertiary/aromatic N) is 1. The van der Waals surface area contributed by atoms with Crippen molar-refractivity contribution in [2.45, 2.75) is 45.1 Å². The Balaban J connectivity index is 1.94. The van der Waals surface area contributed by atoms with E-state index in [-0.39, 0.29) is 24.8 Å². The van der Waals surface area contributed by atoms with Crippen LogP contribution in [-0.2, 0) is 6.42 Å². The number of aliphatic hydroxyl groups excluding tert-OH is 1. The van der Waals surface area contributed by atoms with Gasteiger partial charge >= 0.3 is 0 Å². The number of rotatable bonds is 4. The van der Waals surface area contributed by atoms with Crippen molar-refractivity contribution < 1.29 is 26.9 Å². The monoisotopic (exact) mass is 328 g/mol. The quantitative estimate of drug-likeness (QED) is 0.922. The predicted molar refractivity (Wildman–Crippen MR) is 91.1 cm³/mol. The smallest absolute Gasteiger partial charge is 0.161 e. The minimum Gasteiger partial charge on any atom is -0.493 e. The number of benzene rings is 1. The summed E-state index contributed by atoms with van der Waals surface area (Å²) in [5.41, 5.74) is 1.68. The number of hydrogen-bond donors (Lipinski definition) is 1. The maximum absolute atomic E-state index is 10.9. The van der Waals surface area contributed by atoms with Crippen LogP contribution in [0.15, 0.2) is 12.1 Å². The van der Waals surface area contributed by atoms with Crippen LogP contribution in [0.2, 0.25) is 0 Å². The molecular formula is C19H29NO3. The summed E-state index contributed by atoms with van der Waals surface area (Å²) in [6, 6.07) is 2.99. The molecule has 1 saturated heterocycles. The molecule has 4 nitrogen and oxygen atoms in total. The third-order valence-corrected chi connectivity index (χ3v) is 4.77. The molecule has 2 heterocycles. The van der Waals surface area contributed by atoms with Crippen LogP contribution in [-0.4, -0.2) is 43.3 Å². The Labute approximate surface area is 152 Å². The minimum absolute atomic E-state index is 0.0566. The second kappa shape index (κ2) is 6.70. The number of aliphatic hydroxyl groups is 1. The highest BCUT2D eigenvalue weighted by atomic mass is 16.5. The average Bonchev–Trinajstić information content (AvgIpc) is 2.64. The van der Waals surface area contributed by atoms with Crippen LogP contribution in [0.3, 0.4) is 0 Å². The molecule has 128 valence electrons. The zero-order valence-corrected chi connectivity index (χ0v) is 13.4. The minimum atomic E-state index is -2.86. The fourth-order valence-corrected chi connectivity index (χ4v) is 3.68. The Hall–Kier alpha value is -1.26. The summed E-state index contributed by atoms with van der Waals surface area (Å²) in [5, 5.41) is 10.9. The number of fused-ring (bicyclic) bond motifs is 3. The summed E-state index contributed by atoms with van der Waals surface area (Å²) in [5.74, 6) is -3.12. The van der Waals surface area contributed by atoms with Crippen molar-refractivity contribution in [1.29, 1.82) is 0 Å². The van der Waals surface area contributed by atoms with Crippen molar-refractivity contribution in [3.63, 3.8) is 0 Å². The number of methoxy groups -OCH3 is 2. The first-order valence-electron chi connectivity index (χ1n) is 12.3. The summed E-state index contributed by atoms with van der Waals surface area (Å²) in [6.07, 6.45) is -2.95. The molecule has 23 heavy (non-hydrogen) atoms. The maximum Gasteiger partial charge on any atom is 0.161 e. The van der Waals surface area contributed by atoms with Gasteiger partial charge in [-0.15, -0.1) is 0 Å². The Bertz CT molecular complexity index is 854. The van der Waals surface area contributed by atoms with E-state index in [1.165, 1.54) is 7.11 Å². The molecule has 1 aromatic carbocycles. The molecule has 1 aromatic rings. The van der Waals surface area contributed by atoms with Gasteiger partial charge in [0.2, 0.25) is 0 Å². The van der Waals surface area contributed by atoms with Crippen molar-refractivity contribution in [2.75, 3.05) is 27.2 Å². The van der Waals surface area contributed by atoms with E-state index in [2.05, 4.69) is 0 Å². The molecule has 3 rings (SSSR count). The van der Waals surface area contributed by atoms with Crippen molar-refractivity contribution >= 4 is 0 Å². The summed E-state index contributed by atoms with van der Waals surface area (Å²) < 4.78 is 80.7. The van der Waals surface area contributed by atoms with Crippen LogP contribution in [0, 0.1) is 11.8 Å².